The summed E-state index contributed by atoms with van der Waals surface area (Å²) < 4.78 is 47.1. The molecule has 0 spiro atoms. The summed E-state index contributed by atoms with van der Waals surface area (Å²) in [7, 11) is 3.66. The number of amides is 3. The molecule has 16 nitrogen and oxygen atoms in total. The van der Waals surface area contributed by atoms with E-state index in [1.54, 1.807) is 11.8 Å². The molecule has 5 aromatic rings. The number of imidazole rings is 1. The molecule has 3 amide bonds. The number of imide groups is 1. The summed E-state index contributed by atoms with van der Waals surface area (Å²) in [6.07, 6.45) is 5.05. The maximum atomic E-state index is 15.4. The number of aryl methyl sites for hydroxylation is 3. The van der Waals surface area contributed by atoms with Crippen LogP contribution in [0.25, 0.3) is 22.3 Å². The Labute approximate surface area is 400 Å². The van der Waals surface area contributed by atoms with Crippen molar-refractivity contribution in [2.24, 2.45) is 18.9 Å². The first-order chi connectivity index (χ1) is 33.4. The van der Waals surface area contributed by atoms with E-state index in [1.807, 2.05) is 37.9 Å². The van der Waals surface area contributed by atoms with Crippen LogP contribution in [-0.2, 0) is 27.9 Å². The summed E-state index contributed by atoms with van der Waals surface area (Å²) in [4.78, 5) is 57.7. The summed E-state index contributed by atoms with van der Waals surface area (Å²) in [6, 6.07) is 13.8. The number of pyridine rings is 1. The first-order valence-electron chi connectivity index (χ1n) is 24.7. The highest BCUT2D eigenvalue weighted by Gasteiger charge is 2.42. The van der Waals surface area contributed by atoms with Gasteiger partial charge in [-0.3, -0.25) is 39.8 Å². The number of carbonyl (C=O) groups excluding carboxylic acids is 3. The molecule has 11 rings (SSSR count). The number of nitrogens with zero attached hydrogens (tertiary/aromatic N) is 9. The van der Waals surface area contributed by atoms with E-state index in [0.717, 1.165) is 105 Å². The van der Waals surface area contributed by atoms with Gasteiger partial charge in [-0.15, -0.1) is 0 Å². The van der Waals surface area contributed by atoms with Gasteiger partial charge in [0.25, 0.3) is 5.91 Å². The normalized spacial score (nSPS) is 24.3. The Balaban J connectivity index is 0.757. The summed E-state index contributed by atoms with van der Waals surface area (Å²) in [5.41, 5.74) is 6.66. The van der Waals surface area contributed by atoms with E-state index in [1.165, 1.54) is 12.1 Å². The van der Waals surface area contributed by atoms with Crippen molar-refractivity contribution in [3.05, 3.63) is 76.6 Å². The average molecular weight is 946 g/mol. The van der Waals surface area contributed by atoms with Gasteiger partial charge in [0.05, 0.1) is 53.2 Å². The summed E-state index contributed by atoms with van der Waals surface area (Å²) in [5.74, 6) is -1.81. The predicted octanol–water partition coefficient (Wildman–Crippen LogP) is 5.80. The van der Waals surface area contributed by atoms with Crippen molar-refractivity contribution in [2.75, 3.05) is 81.3 Å². The lowest BCUT2D eigenvalue weighted by Gasteiger charge is -2.54. The summed E-state index contributed by atoms with van der Waals surface area (Å²) in [6.45, 7) is 11.6. The zero-order valence-electron chi connectivity index (χ0n) is 39.8. The van der Waals surface area contributed by atoms with Gasteiger partial charge in [-0.1, -0.05) is 0 Å². The van der Waals surface area contributed by atoms with E-state index < -0.39 is 29.4 Å². The fourth-order valence-electron chi connectivity index (χ4n) is 12.2. The van der Waals surface area contributed by atoms with E-state index in [-0.39, 0.29) is 30.4 Å². The third-order valence-corrected chi connectivity index (χ3v) is 15.8. The number of carbonyl (C=O) groups is 3. The number of anilines is 3. The second kappa shape index (κ2) is 18.4. The number of benzene rings is 2. The molecule has 1 aliphatic carbocycles. The highest BCUT2D eigenvalue weighted by molar-refractivity contribution is 6.05. The molecule has 1 saturated carbocycles. The van der Waals surface area contributed by atoms with Crippen LogP contribution in [0.4, 0.5) is 26.1 Å². The zero-order chi connectivity index (χ0) is 47.7. The molecule has 4 bridgehead atoms. The maximum Gasteiger partial charge on any atom is 0.258 e. The van der Waals surface area contributed by atoms with Crippen LogP contribution in [0.15, 0.2) is 42.5 Å². The van der Waals surface area contributed by atoms with Crippen LogP contribution in [0.1, 0.15) is 78.2 Å². The van der Waals surface area contributed by atoms with E-state index in [2.05, 4.69) is 53.2 Å². The quantitative estimate of drug-likeness (QED) is 0.190. The van der Waals surface area contributed by atoms with Gasteiger partial charge in [-0.25, -0.2) is 18.4 Å². The van der Waals surface area contributed by atoms with Crippen molar-refractivity contribution in [2.45, 2.75) is 89.4 Å². The van der Waals surface area contributed by atoms with E-state index in [9.17, 15) is 14.4 Å². The lowest BCUT2D eigenvalue weighted by molar-refractivity contribution is -0.134. The Morgan fingerprint density at radius 1 is 0.812 bits per heavy atom. The SMILES string of the molecule is COC[C@@H]1CN(c2ccc3nc4n(c3c2)C[C@@H]2CC[C@H](COc3c(c(C)nn3C)-c3cc(cc(C)n3)C(=O)N4)C2)CCN1C1CN(C2CCN(c3cc(F)c([C@H]4CCC(=O)NC4=O)c(F)c3)CC2)C1. The van der Waals surface area contributed by atoms with Gasteiger partial charge < -0.3 is 23.8 Å². The van der Waals surface area contributed by atoms with Crippen LogP contribution < -0.4 is 25.2 Å². The molecule has 5 aliphatic heterocycles. The van der Waals surface area contributed by atoms with Crippen LogP contribution in [-0.4, -0.2) is 136 Å². The topological polar surface area (TPSA) is 155 Å². The van der Waals surface area contributed by atoms with Crippen molar-refractivity contribution < 1.29 is 32.6 Å². The molecule has 69 heavy (non-hydrogen) atoms. The first kappa shape index (κ1) is 45.5. The zero-order valence-corrected chi connectivity index (χ0v) is 39.8. The lowest BCUT2D eigenvalue weighted by atomic mass is 9.89. The molecule has 6 aliphatic rings. The number of nitrogens with one attached hydrogen (secondary N) is 2. The number of rotatable bonds is 7. The highest BCUT2D eigenvalue weighted by Crippen LogP contribution is 2.39. The average Bonchev–Trinajstić information content (AvgIpc) is 3.99. The Kier molecular flexibility index (Phi) is 12.1. The molecule has 2 N–H and O–H groups in total. The second-order valence-corrected chi connectivity index (χ2v) is 20.2. The van der Waals surface area contributed by atoms with Gasteiger partial charge in [0.2, 0.25) is 23.6 Å². The molecule has 0 unspecified atom stereocenters. The molecule has 5 fully saturated rings. The summed E-state index contributed by atoms with van der Waals surface area (Å²) >= 11 is 0. The standard InChI is InChI=1S/C51H61F2N11O5/c1-29-17-33-19-43(54-29)46-30(2)58-59(3)50(46)69-27-32-6-5-31(18-32)23-64-44-22-35(7-9-42(44)55-51(64)57-48(33)66)61-15-16-63(38(26-61)28-68-4)37-24-62(25-37)34-11-13-60(14-12-34)36-20-40(52)47(41(53)21-36)39-8-10-45(65)56-49(39)67/h7,9,17,19-22,31-32,34,37-39H,5-6,8,10-16,18,23-28H2,1-4H3,(H,55,57,66)(H,56,65,67)/t31-,32+,38+,39-/m1/s1. The summed E-state index contributed by atoms with van der Waals surface area (Å²) in [5, 5.41) is 10.1. The number of methoxy groups -OCH3 is 1. The largest absolute Gasteiger partial charge is 0.477 e. The second-order valence-electron chi connectivity index (χ2n) is 20.2. The van der Waals surface area contributed by atoms with Gasteiger partial charge in [0.1, 0.15) is 11.6 Å². The third kappa shape index (κ3) is 8.73. The third-order valence-electron chi connectivity index (χ3n) is 15.8. The van der Waals surface area contributed by atoms with Crippen molar-refractivity contribution in [3.8, 4) is 17.1 Å². The fourth-order valence-corrected chi connectivity index (χ4v) is 12.2. The number of ether oxygens (including phenoxy) is 2. The maximum absolute atomic E-state index is 15.4. The Morgan fingerprint density at radius 2 is 1.59 bits per heavy atom. The van der Waals surface area contributed by atoms with Gasteiger partial charge in [-0.2, -0.15) is 5.10 Å². The fraction of sp³-hybridized carbons (Fsp3) is 0.529. The number of hydrogen-bond donors (Lipinski definition) is 2. The molecule has 3 aromatic heterocycles. The number of aromatic nitrogens is 5. The van der Waals surface area contributed by atoms with Gasteiger partial charge in [-0.05, 0) is 107 Å². The van der Waals surface area contributed by atoms with Crippen LogP contribution in [0.2, 0.25) is 0 Å². The number of likely N-dealkylation sites (tertiary alicyclic amines) is 1. The number of hydrogen-bond acceptors (Lipinski definition) is 12. The minimum atomic E-state index is -1.01. The van der Waals surface area contributed by atoms with Crippen molar-refractivity contribution in [1.29, 1.82) is 0 Å². The monoisotopic (exact) mass is 945 g/mol. The van der Waals surface area contributed by atoms with Crippen molar-refractivity contribution >= 4 is 46.1 Å². The van der Waals surface area contributed by atoms with Crippen LogP contribution in [0.3, 0.4) is 0 Å². The molecular formula is C51H61F2N11O5. The van der Waals surface area contributed by atoms with E-state index in [0.29, 0.717) is 79.0 Å². The Hall–Kier alpha value is -5.98. The predicted molar refractivity (Wildman–Crippen MR) is 257 cm³/mol. The smallest absolute Gasteiger partial charge is 0.258 e. The highest BCUT2D eigenvalue weighted by atomic mass is 19.1. The van der Waals surface area contributed by atoms with Gasteiger partial charge in [0.15, 0.2) is 0 Å². The first-order valence-corrected chi connectivity index (χ1v) is 24.7. The van der Waals surface area contributed by atoms with Crippen LogP contribution >= 0.6 is 0 Å². The molecule has 18 heteroatoms. The number of piperidine rings is 2. The van der Waals surface area contributed by atoms with Crippen LogP contribution in [0.5, 0.6) is 5.88 Å². The number of fused-ring (bicyclic) bond motifs is 9. The molecular weight excluding hydrogens is 885 g/mol. The molecule has 2 aromatic carbocycles. The molecule has 4 saturated heterocycles. The van der Waals surface area contributed by atoms with E-state index >= 15 is 8.78 Å². The minimum Gasteiger partial charge on any atom is -0.477 e. The Morgan fingerprint density at radius 3 is 2.36 bits per heavy atom. The molecule has 8 heterocycles. The number of halogens is 2. The Bertz CT molecular complexity index is 2790. The van der Waals surface area contributed by atoms with Crippen molar-refractivity contribution in [3.63, 3.8) is 0 Å². The van der Waals surface area contributed by atoms with Gasteiger partial charge in [0, 0.05) is 113 Å². The number of piperazine rings is 1. The lowest BCUT2D eigenvalue weighted by Crippen LogP contribution is -2.69. The van der Waals surface area contributed by atoms with Crippen molar-refractivity contribution in [1.82, 2.24) is 39.4 Å². The van der Waals surface area contributed by atoms with E-state index in [4.69, 9.17) is 19.4 Å². The minimum absolute atomic E-state index is 0.0591. The van der Waals surface area contributed by atoms with Gasteiger partial charge >= 0.3 is 0 Å². The molecule has 4 atom stereocenters. The van der Waals surface area contributed by atoms with Crippen LogP contribution in [0, 0.1) is 37.3 Å². The molecule has 0 radical (unpaired) electrons. The molecule has 364 valence electrons.